The minimum absolute atomic E-state index is 0.223. The largest absolute Gasteiger partial charge is 0.468 e. The van der Waals surface area contributed by atoms with Crippen molar-refractivity contribution in [3.8, 4) is 0 Å². The van der Waals surface area contributed by atoms with E-state index in [1.165, 1.54) is 35.7 Å². The van der Waals surface area contributed by atoms with Crippen LogP contribution in [0.1, 0.15) is 37.6 Å². The van der Waals surface area contributed by atoms with E-state index >= 15 is 0 Å². The Balaban J connectivity index is 1.94. The van der Waals surface area contributed by atoms with Crippen molar-refractivity contribution in [3.63, 3.8) is 0 Å². The van der Waals surface area contributed by atoms with Crippen LogP contribution in [0.15, 0.2) is 11.4 Å². The molecule has 2 aromatic rings. The zero-order valence-electron chi connectivity index (χ0n) is 14.0. The molecule has 0 spiro atoms. The quantitative estimate of drug-likeness (QED) is 0.474. The Morgan fingerprint density at radius 3 is 2.91 bits per heavy atom. The first-order valence-electron chi connectivity index (χ1n) is 7.85. The lowest BCUT2D eigenvalue weighted by atomic mass is 9.72. The number of nitrogens with zero attached hydrogens (tertiary/aromatic N) is 2. The van der Waals surface area contributed by atoms with E-state index in [-0.39, 0.29) is 11.7 Å². The summed E-state index contributed by atoms with van der Waals surface area (Å²) in [4.78, 5) is 22.8. The molecule has 6 heteroatoms. The van der Waals surface area contributed by atoms with Crippen LogP contribution in [0.4, 0.5) is 0 Å². The topological polar surface area (TPSA) is 52.1 Å². The lowest BCUT2D eigenvalue weighted by Gasteiger charge is -2.33. The molecule has 0 saturated carbocycles. The molecule has 0 fully saturated rings. The number of ether oxygens (including phenoxy) is 1. The van der Waals surface area contributed by atoms with E-state index in [4.69, 9.17) is 4.74 Å². The molecule has 1 atom stereocenters. The Kier molecular flexibility index (Phi) is 4.65. The van der Waals surface area contributed by atoms with Crippen molar-refractivity contribution in [1.82, 2.24) is 9.97 Å². The highest BCUT2D eigenvalue weighted by Crippen LogP contribution is 2.44. The van der Waals surface area contributed by atoms with Crippen LogP contribution in [-0.4, -0.2) is 28.8 Å². The van der Waals surface area contributed by atoms with E-state index in [1.807, 2.05) is 0 Å². The number of carbonyl (C=O) groups is 1. The molecule has 0 N–H and O–H groups in total. The molecule has 124 valence electrons. The molecule has 0 saturated heterocycles. The summed E-state index contributed by atoms with van der Waals surface area (Å²) in [5.41, 5.74) is 1.74. The molecule has 0 aliphatic heterocycles. The molecule has 0 amide bonds. The van der Waals surface area contributed by atoms with Gasteiger partial charge in [0.1, 0.15) is 16.2 Å². The van der Waals surface area contributed by atoms with Gasteiger partial charge in [0, 0.05) is 10.3 Å². The first-order valence-corrected chi connectivity index (χ1v) is 9.65. The van der Waals surface area contributed by atoms with Gasteiger partial charge in [0.15, 0.2) is 0 Å². The second-order valence-corrected chi connectivity index (χ2v) is 9.08. The summed E-state index contributed by atoms with van der Waals surface area (Å²) in [7, 11) is 1.41. The molecule has 1 aliphatic rings. The van der Waals surface area contributed by atoms with Crippen LogP contribution in [0.3, 0.4) is 0 Å². The summed E-state index contributed by atoms with van der Waals surface area (Å²) >= 11 is 3.24. The van der Waals surface area contributed by atoms with E-state index in [0.29, 0.717) is 11.3 Å². The standard InChI is InChI=1S/C17H22N2O2S2/c1-17(2,3)10-5-6-11-12(7-10)23-16-14(11)15(18-9-19-16)22-8-13(20)21-4/h9-10H,5-8H2,1-4H3. The van der Waals surface area contributed by atoms with E-state index in [1.54, 1.807) is 17.7 Å². The third kappa shape index (κ3) is 3.38. The third-order valence-corrected chi connectivity index (χ3v) is 6.72. The monoisotopic (exact) mass is 350 g/mol. The minimum atomic E-state index is -0.223. The van der Waals surface area contributed by atoms with Crippen LogP contribution in [0.5, 0.6) is 0 Å². The predicted molar refractivity (Wildman–Crippen MR) is 95.1 cm³/mol. The van der Waals surface area contributed by atoms with Gasteiger partial charge in [-0.15, -0.1) is 11.3 Å². The number of thioether (sulfide) groups is 1. The van der Waals surface area contributed by atoms with Crippen molar-refractivity contribution in [2.45, 2.75) is 45.1 Å². The Morgan fingerprint density at radius 2 is 2.22 bits per heavy atom. The molecule has 23 heavy (non-hydrogen) atoms. The van der Waals surface area contributed by atoms with Crippen LogP contribution in [-0.2, 0) is 22.4 Å². The normalized spacial score (nSPS) is 18.0. The molecule has 1 aliphatic carbocycles. The first-order chi connectivity index (χ1) is 10.9. The predicted octanol–water partition coefficient (Wildman–Crippen LogP) is 4.11. The van der Waals surface area contributed by atoms with E-state index < -0.39 is 0 Å². The van der Waals surface area contributed by atoms with Gasteiger partial charge in [-0.1, -0.05) is 32.5 Å². The van der Waals surface area contributed by atoms with Gasteiger partial charge in [-0.3, -0.25) is 4.79 Å². The summed E-state index contributed by atoms with van der Waals surface area (Å²) in [5.74, 6) is 0.776. The Labute approximate surface area is 145 Å². The van der Waals surface area contributed by atoms with Gasteiger partial charge in [-0.2, -0.15) is 0 Å². The summed E-state index contributed by atoms with van der Waals surface area (Å²) < 4.78 is 4.73. The number of esters is 1. The van der Waals surface area contributed by atoms with E-state index in [2.05, 4.69) is 30.7 Å². The van der Waals surface area contributed by atoms with Crippen LogP contribution in [0.25, 0.3) is 10.2 Å². The number of methoxy groups -OCH3 is 1. The van der Waals surface area contributed by atoms with Gasteiger partial charge in [0.2, 0.25) is 0 Å². The number of rotatable bonds is 3. The number of fused-ring (bicyclic) bond motifs is 3. The van der Waals surface area contributed by atoms with Gasteiger partial charge in [0.05, 0.1) is 12.9 Å². The van der Waals surface area contributed by atoms with E-state index in [9.17, 15) is 4.79 Å². The van der Waals surface area contributed by atoms with Gasteiger partial charge >= 0.3 is 5.97 Å². The molecule has 0 aromatic carbocycles. The third-order valence-electron chi connectivity index (χ3n) is 4.59. The van der Waals surface area contributed by atoms with Crippen molar-refractivity contribution in [3.05, 3.63) is 16.8 Å². The molecule has 2 aromatic heterocycles. The number of aromatic nitrogens is 2. The van der Waals surface area contributed by atoms with Gasteiger partial charge < -0.3 is 4.74 Å². The smallest absolute Gasteiger partial charge is 0.316 e. The van der Waals surface area contributed by atoms with Gasteiger partial charge in [0.25, 0.3) is 0 Å². The van der Waals surface area contributed by atoms with Crippen molar-refractivity contribution in [2.24, 2.45) is 11.3 Å². The highest BCUT2D eigenvalue weighted by molar-refractivity contribution is 8.00. The average molecular weight is 351 g/mol. The average Bonchev–Trinajstić information content (AvgIpc) is 2.89. The van der Waals surface area contributed by atoms with Crippen LogP contribution >= 0.6 is 23.1 Å². The fourth-order valence-corrected chi connectivity index (χ4v) is 5.31. The Bertz CT molecular complexity index is 734. The molecule has 4 nitrogen and oxygen atoms in total. The molecule has 1 unspecified atom stereocenters. The molecular weight excluding hydrogens is 328 g/mol. The summed E-state index contributed by atoms with van der Waals surface area (Å²) in [6, 6.07) is 0. The second-order valence-electron chi connectivity index (χ2n) is 7.03. The molecule has 2 heterocycles. The maximum absolute atomic E-state index is 11.4. The molecule has 0 bridgehead atoms. The van der Waals surface area contributed by atoms with Crippen LogP contribution in [0.2, 0.25) is 0 Å². The van der Waals surface area contributed by atoms with E-state index in [0.717, 1.165) is 28.1 Å². The molecule has 0 radical (unpaired) electrons. The number of aryl methyl sites for hydroxylation is 1. The summed E-state index contributed by atoms with van der Waals surface area (Å²) in [5, 5.41) is 2.07. The highest BCUT2D eigenvalue weighted by atomic mass is 32.2. The molecular formula is C17H22N2O2S2. The zero-order chi connectivity index (χ0) is 16.6. The van der Waals surface area contributed by atoms with Crippen molar-refractivity contribution in [2.75, 3.05) is 12.9 Å². The maximum atomic E-state index is 11.4. The van der Waals surface area contributed by atoms with Gasteiger partial charge in [-0.05, 0) is 36.2 Å². The fraction of sp³-hybridized carbons (Fsp3) is 0.588. The van der Waals surface area contributed by atoms with Crippen molar-refractivity contribution < 1.29 is 9.53 Å². The minimum Gasteiger partial charge on any atom is -0.468 e. The van der Waals surface area contributed by atoms with Gasteiger partial charge in [-0.25, -0.2) is 9.97 Å². The zero-order valence-corrected chi connectivity index (χ0v) is 15.6. The maximum Gasteiger partial charge on any atom is 0.316 e. The Hall–Kier alpha value is -1.14. The lowest BCUT2D eigenvalue weighted by molar-refractivity contribution is -0.137. The van der Waals surface area contributed by atoms with Crippen molar-refractivity contribution in [1.29, 1.82) is 0 Å². The number of hydrogen-bond donors (Lipinski definition) is 0. The molecule has 3 rings (SSSR count). The van der Waals surface area contributed by atoms with Crippen molar-refractivity contribution >= 4 is 39.3 Å². The number of hydrogen-bond acceptors (Lipinski definition) is 6. The lowest BCUT2D eigenvalue weighted by Crippen LogP contribution is -2.26. The second kappa shape index (κ2) is 6.40. The summed E-state index contributed by atoms with van der Waals surface area (Å²) in [6.45, 7) is 6.98. The van der Waals surface area contributed by atoms with Crippen LogP contribution in [0, 0.1) is 11.3 Å². The number of thiophene rings is 1. The fourth-order valence-electron chi connectivity index (χ4n) is 3.12. The number of carbonyl (C=O) groups excluding carboxylic acids is 1. The SMILES string of the molecule is COC(=O)CSc1ncnc2sc3c(c12)CCC(C(C)(C)C)C3. The van der Waals surface area contributed by atoms with Crippen LogP contribution < -0.4 is 0 Å². The highest BCUT2D eigenvalue weighted by Gasteiger charge is 2.31. The summed E-state index contributed by atoms with van der Waals surface area (Å²) in [6.07, 6.45) is 5.01. The Morgan fingerprint density at radius 1 is 1.43 bits per heavy atom. The first kappa shape index (κ1) is 16.7.